The molecule has 0 spiro atoms. The van der Waals surface area contributed by atoms with Gasteiger partial charge in [-0.3, -0.25) is 0 Å². The molecule has 0 aliphatic heterocycles. The number of allylic oxidation sites excluding steroid dienone is 1. The van der Waals surface area contributed by atoms with Crippen LogP contribution in [0.5, 0.6) is 0 Å². The summed E-state index contributed by atoms with van der Waals surface area (Å²) in [6.45, 7) is 6.40. The molecule has 0 aromatic rings. The second-order valence-electron chi connectivity index (χ2n) is 3.47. The monoisotopic (exact) mass is 170 g/mol. The van der Waals surface area contributed by atoms with E-state index in [2.05, 4.69) is 26.8 Å². The maximum Gasteiger partial charge on any atom is 0.0746 e. The standard InChI is InChI=1S/C11H22O/c1-4-6-7-9-11(12)10(3)8-5-2/h7,9-12H,4-6,8H2,1-3H3. The minimum absolute atomic E-state index is 0.239. The first-order valence-electron chi connectivity index (χ1n) is 5.07. The lowest BCUT2D eigenvalue weighted by atomic mass is 9.99. The van der Waals surface area contributed by atoms with Gasteiger partial charge in [-0.2, -0.15) is 0 Å². The molecule has 72 valence electrons. The largest absolute Gasteiger partial charge is 0.389 e. The van der Waals surface area contributed by atoms with Crippen molar-refractivity contribution in [1.29, 1.82) is 0 Å². The molecule has 1 N–H and O–H groups in total. The lowest BCUT2D eigenvalue weighted by Gasteiger charge is -2.13. The molecule has 12 heavy (non-hydrogen) atoms. The quantitative estimate of drug-likeness (QED) is 0.607. The van der Waals surface area contributed by atoms with E-state index in [4.69, 9.17) is 0 Å². The predicted octanol–water partition coefficient (Wildman–Crippen LogP) is 3.14. The smallest absolute Gasteiger partial charge is 0.0746 e. The third-order valence-corrected chi connectivity index (χ3v) is 2.12. The highest BCUT2D eigenvalue weighted by Crippen LogP contribution is 2.11. The van der Waals surface area contributed by atoms with Crippen molar-refractivity contribution in [2.24, 2.45) is 5.92 Å². The molecular weight excluding hydrogens is 148 g/mol. The summed E-state index contributed by atoms with van der Waals surface area (Å²) < 4.78 is 0. The number of hydrogen-bond acceptors (Lipinski definition) is 1. The molecule has 0 fully saturated rings. The number of aliphatic hydroxyl groups excluding tert-OH is 1. The van der Waals surface area contributed by atoms with Crippen LogP contribution in [0.2, 0.25) is 0 Å². The van der Waals surface area contributed by atoms with Gasteiger partial charge in [-0.15, -0.1) is 0 Å². The predicted molar refractivity (Wildman–Crippen MR) is 54.1 cm³/mol. The van der Waals surface area contributed by atoms with Crippen molar-refractivity contribution in [3.8, 4) is 0 Å². The maximum absolute atomic E-state index is 9.59. The molecule has 1 heteroatoms. The highest BCUT2D eigenvalue weighted by Gasteiger charge is 2.08. The van der Waals surface area contributed by atoms with Crippen molar-refractivity contribution < 1.29 is 5.11 Å². The van der Waals surface area contributed by atoms with Gasteiger partial charge in [0.1, 0.15) is 0 Å². The van der Waals surface area contributed by atoms with Crippen LogP contribution >= 0.6 is 0 Å². The third-order valence-electron chi connectivity index (χ3n) is 2.12. The summed E-state index contributed by atoms with van der Waals surface area (Å²) in [6, 6.07) is 0. The fourth-order valence-corrected chi connectivity index (χ4v) is 1.22. The minimum atomic E-state index is -0.239. The van der Waals surface area contributed by atoms with E-state index in [-0.39, 0.29) is 6.10 Å². The average Bonchev–Trinajstić information content (AvgIpc) is 2.05. The van der Waals surface area contributed by atoms with Gasteiger partial charge in [-0.25, -0.2) is 0 Å². The average molecular weight is 170 g/mol. The molecular formula is C11H22O. The first-order chi connectivity index (χ1) is 5.72. The van der Waals surface area contributed by atoms with Crippen molar-refractivity contribution >= 4 is 0 Å². The van der Waals surface area contributed by atoms with E-state index in [1.807, 2.05) is 6.08 Å². The highest BCUT2D eigenvalue weighted by atomic mass is 16.3. The summed E-state index contributed by atoms with van der Waals surface area (Å²) in [7, 11) is 0. The zero-order valence-electron chi connectivity index (χ0n) is 8.59. The van der Waals surface area contributed by atoms with Crippen LogP contribution in [0, 0.1) is 5.92 Å². The fourth-order valence-electron chi connectivity index (χ4n) is 1.22. The van der Waals surface area contributed by atoms with Crippen LogP contribution in [-0.4, -0.2) is 11.2 Å². The molecule has 2 unspecified atom stereocenters. The van der Waals surface area contributed by atoms with Crippen molar-refractivity contribution in [3.05, 3.63) is 12.2 Å². The second-order valence-corrected chi connectivity index (χ2v) is 3.47. The van der Waals surface area contributed by atoms with E-state index in [0.29, 0.717) is 5.92 Å². The van der Waals surface area contributed by atoms with Gasteiger partial charge in [0.05, 0.1) is 6.10 Å². The Bertz CT molecular complexity index is 118. The molecule has 0 heterocycles. The lowest BCUT2D eigenvalue weighted by molar-refractivity contribution is 0.156. The van der Waals surface area contributed by atoms with Crippen LogP contribution in [0.3, 0.4) is 0 Å². The molecule has 0 amide bonds. The Morgan fingerprint density at radius 1 is 1.25 bits per heavy atom. The van der Waals surface area contributed by atoms with Crippen LogP contribution in [0.15, 0.2) is 12.2 Å². The van der Waals surface area contributed by atoms with Gasteiger partial charge in [0.2, 0.25) is 0 Å². The number of rotatable bonds is 6. The first-order valence-corrected chi connectivity index (χ1v) is 5.07. The molecule has 0 aliphatic carbocycles. The molecule has 0 radical (unpaired) electrons. The van der Waals surface area contributed by atoms with E-state index >= 15 is 0 Å². The summed E-state index contributed by atoms with van der Waals surface area (Å²) in [6.07, 6.45) is 8.27. The normalized spacial score (nSPS) is 16.7. The number of unbranched alkanes of at least 4 members (excludes halogenated alkanes) is 1. The maximum atomic E-state index is 9.59. The SMILES string of the molecule is CCCC=CC(O)C(C)CCC. The van der Waals surface area contributed by atoms with E-state index in [9.17, 15) is 5.11 Å². The Balaban J connectivity index is 3.61. The lowest BCUT2D eigenvalue weighted by Crippen LogP contribution is -2.14. The Kier molecular flexibility index (Phi) is 7.17. The minimum Gasteiger partial charge on any atom is -0.389 e. The molecule has 1 nitrogen and oxygen atoms in total. The van der Waals surface area contributed by atoms with Gasteiger partial charge in [0.25, 0.3) is 0 Å². The molecule has 0 saturated heterocycles. The van der Waals surface area contributed by atoms with E-state index in [1.54, 1.807) is 0 Å². The topological polar surface area (TPSA) is 20.2 Å². The molecule has 0 aliphatic rings. The van der Waals surface area contributed by atoms with Crippen LogP contribution in [0.4, 0.5) is 0 Å². The summed E-state index contributed by atoms with van der Waals surface area (Å²) in [4.78, 5) is 0. The van der Waals surface area contributed by atoms with Gasteiger partial charge in [-0.1, -0.05) is 45.8 Å². The van der Waals surface area contributed by atoms with E-state index in [1.165, 1.54) is 0 Å². The van der Waals surface area contributed by atoms with Crippen LogP contribution < -0.4 is 0 Å². The molecule has 0 bridgehead atoms. The van der Waals surface area contributed by atoms with E-state index in [0.717, 1.165) is 25.7 Å². The molecule has 0 aromatic heterocycles. The number of aliphatic hydroxyl groups is 1. The molecule has 0 aromatic carbocycles. The summed E-state index contributed by atoms with van der Waals surface area (Å²) in [5.41, 5.74) is 0. The second kappa shape index (κ2) is 7.35. The highest BCUT2D eigenvalue weighted by molar-refractivity contribution is 4.90. The van der Waals surface area contributed by atoms with Crippen LogP contribution in [0.25, 0.3) is 0 Å². The van der Waals surface area contributed by atoms with Gasteiger partial charge >= 0.3 is 0 Å². The summed E-state index contributed by atoms with van der Waals surface area (Å²) >= 11 is 0. The van der Waals surface area contributed by atoms with Crippen molar-refractivity contribution in [2.45, 2.75) is 52.6 Å². The zero-order valence-corrected chi connectivity index (χ0v) is 8.59. The van der Waals surface area contributed by atoms with Crippen LogP contribution in [0.1, 0.15) is 46.5 Å². The Morgan fingerprint density at radius 2 is 1.92 bits per heavy atom. The van der Waals surface area contributed by atoms with E-state index < -0.39 is 0 Å². The molecule has 2 atom stereocenters. The van der Waals surface area contributed by atoms with Crippen molar-refractivity contribution in [3.63, 3.8) is 0 Å². The Hall–Kier alpha value is -0.300. The van der Waals surface area contributed by atoms with Crippen molar-refractivity contribution in [2.75, 3.05) is 0 Å². The first kappa shape index (κ1) is 11.7. The molecule has 0 saturated carbocycles. The third kappa shape index (κ3) is 5.36. The summed E-state index contributed by atoms with van der Waals surface area (Å²) in [5.74, 6) is 0.406. The van der Waals surface area contributed by atoms with Crippen LogP contribution in [-0.2, 0) is 0 Å². The van der Waals surface area contributed by atoms with Crippen molar-refractivity contribution in [1.82, 2.24) is 0 Å². The van der Waals surface area contributed by atoms with Gasteiger partial charge in [0, 0.05) is 0 Å². The molecule has 0 rings (SSSR count). The van der Waals surface area contributed by atoms with Gasteiger partial charge < -0.3 is 5.11 Å². The fraction of sp³-hybridized carbons (Fsp3) is 0.818. The summed E-state index contributed by atoms with van der Waals surface area (Å²) in [5, 5.41) is 9.59. The number of hydrogen-bond donors (Lipinski definition) is 1. The zero-order chi connectivity index (χ0) is 9.40. The van der Waals surface area contributed by atoms with Gasteiger partial charge in [-0.05, 0) is 18.8 Å². The Morgan fingerprint density at radius 3 is 2.42 bits per heavy atom. The Labute approximate surface area is 76.5 Å². The van der Waals surface area contributed by atoms with Gasteiger partial charge in [0.15, 0.2) is 0 Å².